The Hall–Kier alpha value is -5.47. The standard InChI is InChI=1S/C32H29F4N5O6/c1-31(2,3)47-26(42)16-19-14-20(33)9-10-22(19)37-28(43)18-8-11-25(40-12-13-46-30(40)45)23(15-18)38-29(44)27-21-6-4-5-7-24(21)41(39-27)17-32(34,35)36/h4-11,14-15H,12-13,16-17H2,1-3H3,(H,37,43)(H,38,44). The van der Waals surface area contributed by atoms with Gasteiger partial charge in [-0.2, -0.15) is 18.3 Å². The molecule has 1 aliphatic rings. The van der Waals surface area contributed by atoms with Gasteiger partial charge in [0.15, 0.2) is 5.69 Å². The van der Waals surface area contributed by atoms with Crippen molar-refractivity contribution in [3.8, 4) is 0 Å². The Kier molecular flexibility index (Phi) is 8.91. The lowest BCUT2D eigenvalue weighted by Gasteiger charge is -2.20. The van der Waals surface area contributed by atoms with E-state index in [1.54, 1.807) is 26.8 Å². The molecule has 11 nitrogen and oxygen atoms in total. The predicted molar refractivity (Wildman–Crippen MR) is 163 cm³/mol. The number of carbonyl (C=O) groups is 4. The van der Waals surface area contributed by atoms with E-state index in [9.17, 15) is 36.7 Å². The first-order valence-corrected chi connectivity index (χ1v) is 14.3. The minimum atomic E-state index is -4.61. The molecule has 2 N–H and O–H groups in total. The molecule has 0 saturated carbocycles. The van der Waals surface area contributed by atoms with Crippen LogP contribution in [0.1, 0.15) is 47.2 Å². The second kappa shape index (κ2) is 12.7. The SMILES string of the molecule is CC(C)(C)OC(=O)Cc1cc(F)ccc1NC(=O)c1ccc(N2CCOC2=O)c(NC(=O)c2nn(CC(F)(F)F)c3ccccc23)c1. The van der Waals surface area contributed by atoms with Gasteiger partial charge < -0.3 is 20.1 Å². The van der Waals surface area contributed by atoms with Gasteiger partial charge in [0.2, 0.25) is 0 Å². The largest absolute Gasteiger partial charge is 0.460 e. The zero-order valence-corrected chi connectivity index (χ0v) is 25.4. The molecule has 2 heterocycles. The van der Waals surface area contributed by atoms with Gasteiger partial charge in [0.25, 0.3) is 11.8 Å². The summed E-state index contributed by atoms with van der Waals surface area (Å²) in [4.78, 5) is 53.0. The molecule has 0 aliphatic carbocycles. The third-order valence-corrected chi connectivity index (χ3v) is 6.83. The molecule has 1 saturated heterocycles. The van der Waals surface area contributed by atoms with E-state index < -0.39 is 48.0 Å². The second-order valence-corrected chi connectivity index (χ2v) is 11.6. The van der Waals surface area contributed by atoms with Crippen molar-refractivity contribution in [3.05, 3.63) is 83.3 Å². The van der Waals surface area contributed by atoms with Crippen LogP contribution in [0.4, 0.5) is 39.4 Å². The number of rotatable bonds is 8. The minimum absolute atomic E-state index is 0.0170. The molecule has 1 fully saturated rings. The number of amides is 3. The molecule has 1 aliphatic heterocycles. The fourth-order valence-corrected chi connectivity index (χ4v) is 4.95. The molecule has 15 heteroatoms. The highest BCUT2D eigenvalue weighted by Crippen LogP contribution is 2.32. The molecule has 246 valence electrons. The van der Waals surface area contributed by atoms with E-state index in [4.69, 9.17) is 9.47 Å². The fourth-order valence-electron chi connectivity index (χ4n) is 4.95. The van der Waals surface area contributed by atoms with Crippen LogP contribution in [0.3, 0.4) is 0 Å². The third kappa shape index (κ3) is 7.85. The van der Waals surface area contributed by atoms with Gasteiger partial charge in [0.1, 0.15) is 24.6 Å². The summed E-state index contributed by atoms with van der Waals surface area (Å²) < 4.78 is 64.9. The molecule has 0 spiro atoms. The lowest BCUT2D eigenvalue weighted by Crippen LogP contribution is -2.26. The van der Waals surface area contributed by atoms with Crippen LogP contribution in [0.5, 0.6) is 0 Å². The summed E-state index contributed by atoms with van der Waals surface area (Å²) in [6.07, 6.45) is -5.66. The van der Waals surface area contributed by atoms with Gasteiger partial charge in [0.05, 0.1) is 29.9 Å². The molecule has 0 unspecified atom stereocenters. The number of cyclic esters (lactones) is 1. The first-order chi connectivity index (χ1) is 22.1. The van der Waals surface area contributed by atoms with Crippen molar-refractivity contribution in [2.24, 2.45) is 0 Å². The van der Waals surface area contributed by atoms with E-state index >= 15 is 0 Å². The van der Waals surface area contributed by atoms with Crippen molar-refractivity contribution >= 4 is 51.8 Å². The number of benzene rings is 3. The molecule has 0 bridgehead atoms. The van der Waals surface area contributed by atoms with Gasteiger partial charge >= 0.3 is 18.2 Å². The van der Waals surface area contributed by atoms with Crippen molar-refractivity contribution in [1.82, 2.24) is 9.78 Å². The molecule has 3 aromatic carbocycles. The number of halogens is 4. The van der Waals surface area contributed by atoms with Crippen LogP contribution in [-0.4, -0.2) is 58.6 Å². The third-order valence-electron chi connectivity index (χ3n) is 6.83. The summed E-state index contributed by atoms with van der Waals surface area (Å²) in [6, 6.07) is 13.4. The molecular formula is C32H29F4N5O6. The van der Waals surface area contributed by atoms with Crippen LogP contribution in [0, 0.1) is 5.82 Å². The molecule has 4 aromatic rings. The monoisotopic (exact) mass is 655 g/mol. The molecule has 5 rings (SSSR count). The molecule has 0 radical (unpaired) electrons. The average Bonchev–Trinajstić information content (AvgIpc) is 3.56. The first kappa shape index (κ1) is 32.9. The molecule has 3 amide bonds. The van der Waals surface area contributed by atoms with Crippen molar-refractivity contribution in [2.75, 3.05) is 28.7 Å². The number of hydrogen-bond donors (Lipinski definition) is 2. The van der Waals surface area contributed by atoms with Gasteiger partial charge in [-0.15, -0.1) is 0 Å². The summed E-state index contributed by atoms with van der Waals surface area (Å²) >= 11 is 0. The maximum absolute atomic E-state index is 14.1. The van der Waals surface area contributed by atoms with Gasteiger partial charge in [-0.3, -0.25) is 24.0 Å². The molecule has 1 aromatic heterocycles. The highest BCUT2D eigenvalue weighted by Gasteiger charge is 2.32. The number of para-hydroxylation sites is 1. The van der Waals surface area contributed by atoms with E-state index in [2.05, 4.69) is 15.7 Å². The molecule has 47 heavy (non-hydrogen) atoms. The average molecular weight is 656 g/mol. The summed E-state index contributed by atoms with van der Waals surface area (Å²) in [5.74, 6) is -2.89. The van der Waals surface area contributed by atoms with Gasteiger partial charge in [-0.25, -0.2) is 9.18 Å². The van der Waals surface area contributed by atoms with E-state index in [0.29, 0.717) is 4.68 Å². The minimum Gasteiger partial charge on any atom is -0.460 e. The van der Waals surface area contributed by atoms with Gasteiger partial charge in [0, 0.05) is 16.6 Å². The van der Waals surface area contributed by atoms with E-state index in [-0.39, 0.29) is 64.4 Å². The van der Waals surface area contributed by atoms with Gasteiger partial charge in [-0.1, -0.05) is 18.2 Å². The second-order valence-electron chi connectivity index (χ2n) is 11.6. The van der Waals surface area contributed by atoms with E-state index in [0.717, 1.165) is 12.1 Å². The lowest BCUT2D eigenvalue weighted by molar-refractivity contribution is -0.154. The predicted octanol–water partition coefficient (Wildman–Crippen LogP) is 6.08. The number of esters is 1. The quantitative estimate of drug-likeness (QED) is 0.174. The maximum atomic E-state index is 14.1. The topological polar surface area (TPSA) is 132 Å². The van der Waals surface area contributed by atoms with Gasteiger partial charge in [-0.05, 0) is 68.8 Å². The van der Waals surface area contributed by atoms with E-state index in [1.807, 2.05) is 0 Å². The maximum Gasteiger partial charge on any atom is 0.414 e. The number of alkyl halides is 3. The zero-order chi connectivity index (χ0) is 34.1. The summed E-state index contributed by atoms with van der Waals surface area (Å²) in [5.41, 5.74) is -0.647. The van der Waals surface area contributed by atoms with Crippen LogP contribution in [0.15, 0.2) is 60.7 Å². The Morgan fingerprint density at radius 2 is 1.68 bits per heavy atom. The highest BCUT2D eigenvalue weighted by atomic mass is 19.4. The van der Waals surface area contributed by atoms with Crippen molar-refractivity contribution in [1.29, 1.82) is 0 Å². The number of fused-ring (bicyclic) bond motifs is 1. The molecular weight excluding hydrogens is 626 g/mol. The number of hydrogen-bond acceptors (Lipinski definition) is 7. The van der Waals surface area contributed by atoms with Crippen LogP contribution in [0.2, 0.25) is 0 Å². The van der Waals surface area contributed by atoms with Crippen molar-refractivity contribution in [3.63, 3.8) is 0 Å². The van der Waals surface area contributed by atoms with Crippen LogP contribution in [0.25, 0.3) is 10.9 Å². The normalized spacial score (nSPS) is 13.4. The summed E-state index contributed by atoms with van der Waals surface area (Å²) in [5, 5.41) is 9.28. The summed E-state index contributed by atoms with van der Waals surface area (Å²) in [7, 11) is 0. The van der Waals surface area contributed by atoms with Crippen molar-refractivity contribution in [2.45, 2.75) is 45.5 Å². The smallest absolute Gasteiger partial charge is 0.414 e. The van der Waals surface area contributed by atoms with Crippen molar-refractivity contribution < 1.29 is 46.2 Å². The van der Waals surface area contributed by atoms with Crippen LogP contribution < -0.4 is 15.5 Å². The Balaban J connectivity index is 1.46. The number of carbonyl (C=O) groups excluding carboxylic acids is 4. The Morgan fingerprint density at radius 3 is 2.36 bits per heavy atom. The Morgan fingerprint density at radius 1 is 0.957 bits per heavy atom. The Bertz CT molecular complexity index is 1880. The fraction of sp³-hybridized carbons (Fsp3) is 0.281. The highest BCUT2D eigenvalue weighted by molar-refractivity contribution is 6.14. The Labute approximate surface area is 265 Å². The van der Waals surface area contributed by atoms with Crippen LogP contribution >= 0.6 is 0 Å². The lowest BCUT2D eigenvalue weighted by atomic mass is 10.1. The van der Waals surface area contributed by atoms with Crippen LogP contribution in [-0.2, 0) is 27.2 Å². The number of ether oxygens (including phenoxy) is 2. The number of aromatic nitrogens is 2. The number of anilines is 3. The number of nitrogens with zero attached hydrogens (tertiary/aromatic N) is 3. The molecule has 0 atom stereocenters. The summed E-state index contributed by atoms with van der Waals surface area (Å²) in [6.45, 7) is 3.79. The number of nitrogens with one attached hydrogen (secondary N) is 2. The van der Waals surface area contributed by atoms with E-state index in [1.165, 1.54) is 47.4 Å². The first-order valence-electron chi connectivity index (χ1n) is 14.3. The zero-order valence-electron chi connectivity index (χ0n) is 25.4.